The first kappa shape index (κ1) is 30.9. The van der Waals surface area contributed by atoms with E-state index in [4.69, 9.17) is 5.73 Å². The van der Waals surface area contributed by atoms with Gasteiger partial charge in [-0.1, -0.05) is 42.5 Å². The first-order valence-corrected chi connectivity index (χ1v) is 15.0. The predicted octanol–water partition coefficient (Wildman–Crippen LogP) is 3.36. The molecule has 2 unspecified atom stereocenters. The molecule has 1 aromatic heterocycles. The highest BCUT2D eigenvalue weighted by Gasteiger charge is 2.26. The number of nitrogens with zero attached hydrogens (tertiary/aromatic N) is 2. The van der Waals surface area contributed by atoms with Crippen LogP contribution in [0.1, 0.15) is 41.8 Å². The molecule has 44 heavy (non-hydrogen) atoms. The highest BCUT2D eigenvalue weighted by Crippen LogP contribution is 2.31. The number of hydrazine groups is 1. The maximum absolute atomic E-state index is 13.4. The molecule has 1 fully saturated rings. The monoisotopic (exact) mass is 596 g/mol. The lowest BCUT2D eigenvalue weighted by Crippen LogP contribution is -2.61. The van der Waals surface area contributed by atoms with Gasteiger partial charge in [-0.15, -0.1) is 0 Å². The van der Waals surface area contributed by atoms with E-state index in [0.717, 1.165) is 52.5 Å². The number of piperazine rings is 1. The Balaban J connectivity index is 1.32. The SMILES string of the molecule is CC1CNCC(C)N1NC(=O)c1ccc(-c2c[nH]c3c(CN(CCC=O)C(=O)[C@@H](N)Cc4ccc(O)cc4)cccc23)cc1. The van der Waals surface area contributed by atoms with Crippen molar-refractivity contribution in [3.05, 3.63) is 89.6 Å². The predicted molar refractivity (Wildman–Crippen MR) is 171 cm³/mol. The van der Waals surface area contributed by atoms with E-state index in [1.165, 1.54) is 0 Å². The maximum Gasteiger partial charge on any atom is 0.265 e. The summed E-state index contributed by atoms with van der Waals surface area (Å²) in [5.74, 6) is -0.236. The lowest BCUT2D eigenvalue weighted by Gasteiger charge is -2.39. The zero-order chi connectivity index (χ0) is 31.2. The van der Waals surface area contributed by atoms with Crippen molar-refractivity contribution in [3.8, 4) is 16.9 Å². The van der Waals surface area contributed by atoms with Crippen LogP contribution >= 0.6 is 0 Å². The van der Waals surface area contributed by atoms with Crippen LogP contribution in [0.5, 0.6) is 5.75 Å². The summed E-state index contributed by atoms with van der Waals surface area (Å²) in [4.78, 5) is 42.6. The molecule has 0 spiro atoms. The molecule has 1 aliphatic rings. The van der Waals surface area contributed by atoms with Crippen LogP contribution in [0.3, 0.4) is 0 Å². The van der Waals surface area contributed by atoms with Crippen molar-refractivity contribution in [2.75, 3.05) is 19.6 Å². The third-order valence-corrected chi connectivity index (χ3v) is 8.22. The molecule has 0 radical (unpaired) electrons. The molecule has 1 aliphatic heterocycles. The third kappa shape index (κ3) is 6.99. The average Bonchev–Trinajstić information content (AvgIpc) is 3.47. The number of H-pyrrole nitrogens is 1. The number of carbonyl (C=O) groups is 3. The van der Waals surface area contributed by atoms with E-state index in [2.05, 4.69) is 29.6 Å². The Morgan fingerprint density at radius 3 is 2.45 bits per heavy atom. The number of aromatic amines is 1. The van der Waals surface area contributed by atoms with E-state index in [9.17, 15) is 19.5 Å². The normalized spacial score (nSPS) is 17.7. The van der Waals surface area contributed by atoms with Crippen LogP contribution in [0.4, 0.5) is 0 Å². The number of phenols is 1. The maximum atomic E-state index is 13.4. The number of aromatic hydroxyl groups is 1. The van der Waals surface area contributed by atoms with Gasteiger partial charge in [-0.2, -0.15) is 0 Å². The van der Waals surface area contributed by atoms with Gasteiger partial charge in [-0.05, 0) is 61.2 Å². The number of phenolic OH excluding ortho intramolecular Hbond substituents is 1. The van der Waals surface area contributed by atoms with Crippen molar-refractivity contribution < 1.29 is 19.5 Å². The molecule has 6 N–H and O–H groups in total. The summed E-state index contributed by atoms with van der Waals surface area (Å²) in [5.41, 5.74) is 14.5. The van der Waals surface area contributed by atoms with Crippen molar-refractivity contribution in [1.29, 1.82) is 0 Å². The summed E-state index contributed by atoms with van der Waals surface area (Å²) in [6.07, 6.45) is 3.25. The van der Waals surface area contributed by atoms with E-state index in [0.29, 0.717) is 12.0 Å². The van der Waals surface area contributed by atoms with Crippen LogP contribution in [-0.4, -0.2) is 75.9 Å². The first-order chi connectivity index (χ1) is 21.2. The number of hydrogen-bond acceptors (Lipinski definition) is 7. The van der Waals surface area contributed by atoms with Crippen molar-refractivity contribution in [2.24, 2.45) is 5.73 Å². The molecule has 0 aliphatic carbocycles. The summed E-state index contributed by atoms with van der Waals surface area (Å²) in [5, 5.41) is 15.9. The minimum Gasteiger partial charge on any atom is -0.508 e. The molecule has 230 valence electrons. The Labute approximate surface area is 257 Å². The van der Waals surface area contributed by atoms with Gasteiger partial charge in [0, 0.05) is 67.4 Å². The van der Waals surface area contributed by atoms with E-state index < -0.39 is 6.04 Å². The Hall–Kier alpha value is -4.51. The first-order valence-electron chi connectivity index (χ1n) is 15.0. The lowest BCUT2D eigenvalue weighted by atomic mass is 10.0. The van der Waals surface area contributed by atoms with Gasteiger partial charge in [0.05, 0.1) is 11.6 Å². The highest BCUT2D eigenvalue weighted by atomic mass is 16.3. The van der Waals surface area contributed by atoms with Gasteiger partial charge in [0.2, 0.25) is 5.91 Å². The fourth-order valence-corrected chi connectivity index (χ4v) is 5.81. The number of aldehydes is 1. The van der Waals surface area contributed by atoms with Crippen molar-refractivity contribution >= 4 is 29.0 Å². The zero-order valence-electron chi connectivity index (χ0n) is 25.1. The minimum absolute atomic E-state index is 0.137. The van der Waals surface area contributed by atoms with Gasteiger partial charge in [-0.3, -0.25) is 15.0 Å². The van der Waals surface area contributed by atoms with E-state index in [-0.39, 0.29) is 49.2 Å². The molecule has 2 heterocycles. The van der Waals surface area contributed by atoms with Gasteiger partial charge in [0.15, 0.2) is 0 Å². The number of nitrogens with two attached hydrogens (primary N) is 1. The summed E-state index contributed by atoms with van der Waals surface area (Å²) in [7, 11) is 0. The number of hydrogen-bond donors (Lipinski definition) is 5. The molecule has 10 heteroatoms. The Bertz CT molecular complexity index is 1590. The third-order valence-electron chi connectivity index (χ3n) is 8.22. The van der Waals surface area contributed by atoms with Gasteiger partial charge in [0.25, 0.3) is 5.91 Å². The molecule has 2 amide bonds. The Kier molecular flexibility index (Phi) is 9.74. The molecule has 4 aromatic rings. The fourth-order valence-electron chi connectivity index (χ4n) is 5.81. The van der Waals surface area contributed by atoms with Crippen molar-refractivity contribution in [3.63, 3.8) is 0 Å². The smallest absolute Gasteiger partial charge is 0.265 e. The number of amides is 2. The number of aromatic nitrogens is 1. The number of carbonyl (C=O) groups excluding carboxylic acids is 3. The molecule has 3 atom stereocenters. The largest absolute Gasteiger partial charge is 0.508 e. The molecule has 10 nitrogen and oxygen atoms in total. The molecule has 0 saturated carbocycles. The molecule has 5 rings (SSSR count). The van der Waals surface area contributed by atoms with Crippen LogP contribution in [-0.2, 0) is 22.6 Å². The number of nitrogens with one attached hydrogen (secondary N) is 3. The Morgan fingerprint density at radius 2 is 1.77 bits per heavy atom. The second-order valence-electron chi connectivity index (χ2n) is 11.5. The quantitative estimate of drug-likeness (QED) is 0.167. The lowest BCUT2D eigenvalue weighted by molar-refractivity contribution is -0.133. The average molecular weight is 597 g/mol. The van der Waals surface area contributed by atoms with Crippen molar-refractivity contribution in [2.45, 2.75) is 51.4 Å². The van der Waals surface area contributed by atoms with Gasteiger partial charge >= 0.3 is 0 Å². The van der Waals surface area contributed by atoms with E-state index >= 15 is 0 Å². The van der Waals surface area contributed by atoms with Crippen LogP contribution in [0.2, 0.25) is 0 Å². The van der Waals surface area contributed by atoms with Crippen LogP contribution in [0.15, 0.2) is 72.9 Å². The Morgan fingerprint density at radius 1 is 1.07 bits per heavy atom. The molecular weight excluding hydrogens is 556 g/mol. The summed E-state index contributed by atoms with van der Waals surface area (Å²) in [6, 6.07) is 19.7. The summed E-state index contributed by atoms with van der Waals surface area (Å²) >= 11 is 0. The zero-order valence-corrected chi connectivity index (χ0v) is 25.1. The minimum atomic E-state index is -0.793. The summed E-state index contributed by atoms with van der Waals surface area (Å²) in [6.45, 7) is 6.35. The van der Waals surface area contributed by atoms with E-state index in [1.807, 2.05) is 53.7 Å². The standard InChI is InChI=1S/C34H40N6O4/c1-22-18-36-19-23(2)40(22)38-33(43)26-11-9-25(10-12-26)30-20-37-32-27(5-3-6-29(30)32)21-39(15-4-16-41)34(44)31(35)17-24-7-13-28(42)14-8-24/h3,5-14,16,20,22-23,31,36-37,42H,4,15,17-19,21,35H2,1-2H3,(H,38,43)/t22?,23?,31-/m0/s1. The molecule has 0 bridgehead atoms. The van der Waals surface area contributed by atoms with Crippen LogP contribution in [0, 0.1) is 0 Å². The number of benzene rings is 3. The van der Waals surface area contributed by atoms with Gasteiger partial charge < -0.3 is 30.8 Å². The summed E-state index contributed by atoms with van der Waals surface area (Å²) < 4.78 is 0. The van der Waals surface area contributed by atoms with Crippen molar-refractivity contribution in [1.82, 2.24) is 25.6 Å². The fraction of sp³-hybridized carbons (Fsp3) is 0.324. The number of fused-ring (bicyclic) bond motifs is 1. The van der Waals surface area contributed by atoms with Crippen LogP contribution in [0.25, 0.3) is 22.0 Å². The van der Waals surface area contributed by atoms with Gasteiger partial charge in [0.1, 0.15) is 12.0 Å². The number of para-hydroxylation sites is 1. The highest BCUT2D eigenvalue weighted by molar-refractivity contribution is 5.99. The van der Waals surface area contributed by atoms with E-state index in [1.54, 1.807) is 29.2 Å². The second-order valence-corrected chi connectivity index (χ2v) is 11.5. The molecule has 3 aromatic carbocycles. The van der Waals surface area contributed by atoms with Crippen LogP contribution < -0.4 is 16.5 Å². The number of rotatable bonds is 11. The van der Waals surface area contributed by atoms with Gasteiger partial charge in [-0.25, -0.2) is 5.01 Å². The topological polar surface area (TPSA) is 144 Å². The molecular formula is C34H40N6O4. The molecule has 1 saturated heterocycles. The second kappa shape index (κ2) is 13.9.